The lowest BCUT2D eigenvalue weighted by atomic mass is 10.2. The Morgan fingerprint density at radius 3 is 2.58 bits per heavy atom. The van der Waals surface area contributed by atoms with E-state index in [2.05, 4.69) is 16.6 Å². The van der Waals surface area contributed by atoms with Gasteiger partial charge in [0, 0.05) is 0 Å². The van der Waals surface area contributed by atoms with Crippen LogP contribution < -0.4 is 9.46 Å². The molecule has 0 saturated heterocycles. The number of hydrogen-bond donors (Lipinski definition) is 1. The van der Waals surface area contributed by atoms with E-state index < -0.39 is 15.3 Å². The van der Waals surface area contributed by atoms with E-state index in [0.29, 0.717) is 0 Å². The first-order valence-electron chi connectivity index (χ1n) is 6.06. The van der Waals surface area contributed by atoms with E-state index >= 15 is 0 Å². The minimum absolute atomic E-state index is 0.109. The smallest absolute Gasteiger partial charge is 0.214 e. The molecular weight excluding hydrogens is 262 g/mol. The maximum Gasteiger partial charge on any atom is 0.214 e. The van der Waals surface area contributed by atoms with Crippen molar-refractivity contribution in [2.24, 2.45) is 0 Å². The van der Waals surface area contributed by atoms with Gasteiger partial charge >= 0.3 is 0 Å². The zero-order valence-corrected chi connectivity index (χ0v) is 12.3. The molecule has 0 aliphatic rings. The number of aryl methyl sites for hydroxylation is 1. The van der Waals surface area contributed by atoms with Crippen molar-refractivity contribution in [1.82, 2.24) is 4.72 Å². The summed E-state index contributed by atoms with van der Waals surface area (Å²) >= 11 is 0. The predicted molar refractivity (Wildman–Crippen MR) is 76.5 cm³/mol. The molecule has 1 rings (SSSR count). The fraction of sp³-hybridized carbons (Fsp3) is 0.429. The number of rotatable bonds is 5. The Labute approximate surface area is 115 Å². The summed E-state index contributed by atoms with van der Waals surface area (Å²) in [7, 11) is -3.24. The van der Waals surface area contributed by atoms with Crippen LogP contribution in [0.5, 0.6) is 5.75 Å². The number of para-hydroxylation sites is 1. The molecule has 0 spiro atoms. The molecule has 0 saturated carbocycles. The number of ether oxygens (including phenoxy) is 1. The first-order valence-corrected chi connectivity index (χ1v) is 7.60. The fourth-order valence-corrected chi connectivity index (χ4v) is 1.86. The van der Waals surface area contributed by atoms with Crippen LogP contribution in [0.1, 0.15) is 19.4 Å². The van der Waals surface area contributed by atoms with E-state index in [0.717, 1.165) is 11.3 Å². The summed E-state index contributed by atoms with van der Waals surface area (Å²) in [5.74, 6) is 6.29. The van der Waals surface area contributed by atoms with Gasteiger partial charge in [0.2, 0.25) is 10.0 Å². The normalized spacial score (nSPS) is 10.9. The Hall–Kier alpha value is -1.51. The Balaban J connectivity index is 2.36. The molecule has 0 aliphatic heterocycles. The van der Waals surface area contributed by atoms with Gasteiger partial charge in [0.25, 0.3) is 0 Å². The zero-order chi connectivity index (χ0) is 14.3. The van der Waals surface area contributed by atoms with Crippen LogP contribution in [0.2, 0.25) is 0 Å². The van der Waals surface area contributed by atoms with Gasteiger partial charge in [-0.2, -0.15) is 0 Å². The van der Waals surface area contributed by atoms with Gasteiger partial charge in [-0.3, -0.25) is 0 Å². The maximum absolute atomic E-state index is 11.4. The third-order valence-corrected chi connectivity index (χ3v) is 4.29. The second kappa shape index (κ2) is 7.17. The minimum atomic E-state index is -3.24. The molecule has 0 bridgehead atoms. The number of hydrogen-bond acceptors (Lipinski definition) is 3. The standard InChI is InChI=1S/C14H19NO3S/c1-12(2)19(16,17)15-10-6-7-11-18-14-9-5-4-8-13(14)3/h4-5,8-9,12,15H,10-11H2,1-3H3. The van der Waals surface area contributed by atoms with E-state index in [1.54, 1.807) is 13.8 Å². The summed E-state index contributed by atoms with van der Waals surface area (Å²) in [6, 6.07) is 7.67. The lowest BCUT2D eigenvalue weighted by Gasteiger charge is -2.06. The van der Waals surface area contributed by atoms with E-state index in [9.17, 15) is 8.42 Å². The summed E-state index contributed by atoms with van der Waals surface area (Å²) in [6.45, 7) is 5.56. The summed E-state index contributed by atoms with van der Waals surface area (Å²) < 4.78 is 30.7. The Kier molecular flexibility index (Phi) is 5.87. The molecule has 0 atom stereocenters. The summed E-state index contributed by atoms with van der Waals surface area (Å²) in [5, 5.41) is -0.447. The molecule has 104 valence electrons. The van der Waals surface area contributed by atoms with Crippen molar-refractivity contribution in [2.75, 3.05) is 13.2 Å². The molecule has 1 aromatic carbocycles. The van der Waals surface area contributed by atoms with Crippen LogP contribution in [0.4, 0.5) is 0 Å². The second-order valence-corrected chi connectivity index (χ2v) is 6.64. The van der Waals surface area contributed by atoms with Crippen LogP contribution in [0.3, 0.4) is 0 Å². The van der Waals surface area contributed by atoms with Gasteiger partial charge in [0.1, 0.15) is 12.4 Å². The first-order chi connectivity index (χ1) is 8.93. The molecular formula is C14H19NO3S. The average Bonchev–Trinajstić information content (AvgIpc) is 2.35. The molecule has 0 fully saturated rings. The number of sulfonamides is 1. The summed E-state index contributed by atoms with van der Waals surface area (Å²) in [4.78, 5) is 0. The van der Waals surface area contributed by atoms with E-state index in [1.165, 1.54) is 0 Å². The van der Waals surface area contributed by atoms with E-state index in [1.807, 2.05) is 31.2 Å². The van der Waals surface area contributed by atoms with Crippen LogP contribution >= 0.6 is 0 Å². The van der Waals surface area contributed by atoms with Gasteiger partial charge in [0.15, 0.2) is 0 Å². The predicted octanol–water partition coefficient (Wildman–Crippen LogP) is 1.71. The lowest BCUT2D eigenvalue weighted by Crippen LogP contribution is -2.31. The fourth-order valence-electron chi connectivity index (χ4n) is 1.25. The van der Waals surface area contributed by atoms with Crippen molar-refractivity contribution in [3.8, 4) is 17.6 Å². The second-order valence-electron chi connectivity index (χ2n) is 4.32. The SMILES string of the molecule is Cc1ccccc1OCC#CCNS(=O)(=O)C(C)C. The van der Waals surface area contributed by atoms with E-state index in [4.69, 9.17) is 4.74 Å². The molecule has 1 aromatic rings. The molecule has 0 heterocycles. The van der Waals surface area contributed by atoms with Crippen molar-refractivity contribution in [3.63, 3.8) is 0 Å². The number of nitrogens with one attached hydrogen (secondary N) is 1. The molecule has 19 heavy (non-hydrogen) atoms. The molecule has 4 nitrogen and oxygen atoms in total. The monoisotopic (exact) mass is 281 g/mol. The first kappa shape index (κ1) is 15.5. The van der Waals surface area contributed by atoms with Crippen LogP contribution in [0.25, 0.3) is 0 Å². The van der Waals surface area contributed by atoms with Crippen LogP contribution in [0, 0.1) is 18.8 Å². The Morgan fingerprint density at radius 2 is 1.95 bits per heavy atom. The highest BCUT2D eigenvalue weighted by molar-refractivity contribution is 7.90. The third-order valence-electron chi connectivity index (χ3n) is 2.50. The van der Waals surface area contributed by atoms with Gasteiger partial charge < -0.3 is 4.74 Å². The topological polar surface area (TPSA) is 55.4 Å². The van der Waals surface area contributed by atoms with Gasteiger partial charge in [0.05, 0.1) is 11.8 Å². The Bertz CT molecular complexity index is 568. The van der Waals surface area contributed by atoms with Gasteiger partial charge in [-0.15, -0.1) is 0 Å². The van der Waals surface area contributed by atoms with Crippen LogP contribution in [0.15, 0.2) is 24.3 Å². The summed E-state index contributed by atoms with van der Waals surface area (Å²) in [5.41, 5.74) is 1.05. The Morgan fingerprint density at radius 1 is 1.26 bits per heavy atom. The highest BCUT2D eigenvalue weighted by Gasteiger charge is 2.13. The third kappa shape index (κ3) is 5.33. The van der Waals surface area contributed by atoms with Crippen LogP contribution in [-0.4, -0.2) is 26.8 Å². The molecule has 0 amide bonds. The highest BCUT2D eigenvalue weighted by Crippen LogP contribution is 2.15. The van der Waals surface area contributed by atoms with Crippen molar-refractivity contribution in [2.45, 2.75) is 26.0 Å². The van der Waals surface area contributed by atoms with E-state index in [-0.39, 0.29) is 13.2 Å². The van der Waals surface area contributed by atoms with Crippen molar-refractivity contribution in [3.05, 3.63) is 29.8 Å². The largest absolute Gasteiger partial charge is 0.481 e. The van der Waals surface area contributed by atoms with Gasteiger partial charge in [-0.1, -0.05) is 30.0 Å². The van der Waals surface area contributed by atoms with Crippen molar-refractivity contribution < 1.29 is 13.2 Å². The summed E-state index contributed by atoms with van der Waals surface area (Å²) in [6.07, 6.45) is 0. The minimum Gasteiger partial charge on any atom is -0.481 e. The number of benzene rings is 1. The average molecular weight is 281 g/mol. The molecule has 0 aliphatic carbocycles. The molecule has 1 N–H and O–H groups in total. The van der Waals surface area contributed by atoms with Crippen molar-refractivity contribution in [1.29, 1.82) is 0 Å². The molecule has 5 heteroatoms. The molecule has 0 unspecified atom stereocenters. The van der Waals surface area contributed by atoms with Crippen LogP contribution in [-0.2, 0) is 10.0 Å². The van der Waals surface area contributed by atoms with Gasteiger partial charge in [-0.25, -0.2) is 13.1 Å². The lowest BCUT2D eigenvalue weighted by molar-refractivity contribution is 0.367. The molecule has 0 radical (unpaired) electrons. The van der Waals surface area contributed by atoms with Crippen molar-refractivity contribution >= 4 is 10.0 Å². The highest BCUT2D eigenvalue weighted by atomic mass is 32.2. The zero-order valence-electron chi connectivity index (χ0n) is 11.4. The quantitative estimate of drug-likeness (QED) is 0.836. The molecule has 0 aromatic heterocycles. The van der Waals surface area contributed by atoms with Gasteiger partial charge in [-0.05, 0) is 32.4 Å². The maximum atomic E-state index is 11.4.